The van der Waals surface area contributed by atoms with Crippen LogP contribution in [0.25, 0.3) is 0 Å². The van der Waals surface area contributed by atoms with Gasteiger partial charge in [0.1, 0.15) is 48.2 Å². The number of methoxy groups -OCH3 is 2. The van der Waals surface area contributed by atoms with Gasteiger partial charge in [0.2, 0.25) is 23.6 Å². The van der Waals surface area contributed by atoms with Gasteiger partial charge < -0.3 is 124 Å². The second kappa shape index (κ2) is 65.9. The fourth-order valence-corrected chi connectivity index (χ4v) is 17.6. The molecule has 4 aliphatic heterocycles. The standard InChI is InChI=1S/C86H153N5O29S2/c1-60-76(103)79(106)67(56-92)118-82(60)114-45-22-31-70(97)87-41-18-10-6-8-14-35-74(101)112-48-26-38-86(54-65(96)37-52-122-121-51-25-30-64(95)29-16-17-34-73(100)91-55-66(111-5)53-63(91)59-110-4,39-27-49-113-75(102)36-15-9-7-11-19-42-88-71(98)32-23-46-115-83-61(2)77(104)80(107)68(57-93)119-83)40-28-50-117-85(109)90-44-21-13-12-20-43-89-72(99)33-24-47-116-84-62(3)78(105)81(108)69(58-94)120-84/h60-63,66-69,76-84,92-94,103-108H,6-59H2,1-5H3,(H,87,97)(H,88,98)(H,89,99)(H,90,109)/t60?,61?,62?,63-,66+,67?,68?,69?,76?,77?,78?,79?,80?,81?,82?,83?,84?,86?/m1/s1. The van der Waals surface area contributed by atoms with E-state index in [0.717, 1.165) is 77.0 Å². The van der Waals surface area contributed by atoms with Crippen LogP contribution in [0.4, 0.5) is 4.79 Å². The number of nitrogens with one attached hydrogen (secondary N) is 4. The molecule has 0 aromatic rings. The minimum atomic E-state index is -1.23. The average molecular weight is 1790 g/mol. The van der Waals surface area contributed by atoms with Gasteiger partial charge in [-0.25, -0.2) is 4.79 Å². The molecule has 34 nitrogen and oxygen atoms in total. The minimum Gasteiger partial charge on any atom is -0.466 e. The quantitative estimate of drug-likeness (QED) is 0.0139. The largest absolute Gasteiger partial charge is 0.466 e. The van der Waals surface area contributed by atoms with E-state index in [9.17, 15) is 89.1 Å². The molecule has 36 heteroatoms. The third-order valence-electron chi connectivity index (χ3n) is 23.1. The molecule has 4 rings (SSSR count). The molecular weight excluding hydrogens is 1630 g/mol. The van der Waals surface area contributed by atoms with Crippen LogP contribution in [0.2, 0.25) is 0 Å². The molecule has 13 N–H and O–H groups in total. The normalized spacial score (nSPS) is 25.2. The van der Waals surface area contributed by atoms with Gasteiger partial charge in [-0.2, -0.15) is 0 Å². The maximum absolute atomic E-state index is 14.3. The zero-order chi connectivity index (χ0) is 89.3. The first-order chi connectivity index (χ1) is 58.8. The Morgan fingerprint density at radius 3 is 1.20 bits per heavy atom. The Labute approximate surface area is 730 Å². The summed E-state index contributed by atoms with van der Waals surface area (Å²) in [5.74, 6) is -1.16. The van der Waals surface area contributed by atoms with Crippen LogP contribution in [-0.4, -0.2) is 315 Å². The molecule has 4 fully saturated rings. The van der Waals surface area contributed by atoms with E-state index in [0.29, 0.717) is 166 Å². The van der Waals surface area contributed by atoms with Gasteiger partial charge in [-0.3, -0.25) is 38.4 Å². The molecule has 0 aromatic heterocycles. The number of unbranched alkanes of at least 4 members (excludes halogenated alkanes) is 12. The van der Waals surface area contributed by atoms with Crippen LogP contribution in [0.3, 0.4) is 0 Å². The molecule has 4 aliphatic rings. The molecule has 0 aliphatic carbocycles. The van der Waals surface area contributed by atoms with Crippen molar-refractivity contribution in [2.24, 2.45) is 23.2 Å². The number of hydrogen-bond acceptors (Lipinski definition) is 31. The van der Waals surface area contributed by atoms with Crippen LogP contribution in [0.15, 0.2) is 0 Å². The molecule has 0 bridgehead atoms. The summed E-state index contributed by atoms with van der Waals surface area (Å²) in [4.78, 5) is 119. The number of ketones is 2. The molecular formula is C86H153N5O29S2. The van der Waals surface area contributed by atoms with Crippen LogP contribution in [0.5, 0.6) is 0 Å². The summed E-state index contributed by atoms with van der Waals surface area (Å²) in [6.07, 6.45) is 7.08. The molecule has 0 saturated carbocycles. The number of nitrogens with zero attached hydrogens (tertiary/aromatic N) is 1. The number of carbonyl (C=O) groups excluding carboxylic acids is 9. The second-order valence-corrected chi connectivity index (χ2v) is 35.8. The summed E-state index contributed by atoms with van der Waals surface area (Å²) in [6, 6.07) is -0.0188. The lowest BCUT2D eigenvalue weighted by atomic mass is 9.71. The number of ether oxygens (including phenoxy) is 11. The predicted octanol–water partition coefficient (Wildman–Crippen LogP) is 6.23. The van der Waals surface area contributed by atoms with E-state index < -0.39 is 123 Å². The van der Waals surface area contributed by atoms with Crippen LogP contribution >= 0.6 is 21.6 Å². The highest BCUT2D eigenvalue weighted by molar-refractivity contribution is 8.76. The van der Waals surface area contributed by atoms with E-state index in [1.54, 1.807) is 56.6 Å². The number of rotatable bonds is 71. The van der Waals surface area contributed by atoms with Crippen molar-refractivity contribution < 1.29 is 141 Å². The van der Waals surface area contributed by atoms with Crippen LogP contribution in [-0.2, 0) is 90.5 Å². The molecule has 0 spiro atoms. The lowest BCUT2D eigenvalue weighted by Crippen LogP contribution is -2.55. The number of aliphatic hydroxyl groups excluding tert-OH is 9. The van der Waals surface area contributed by atoms with E-state index in [4.69, 9.17) is 52.1 Å². The van der Waals surface area contributed by atoms with E-state index in [1.807, 2.05) is 4.90 Å². The number of alkyl carbamates (subject to hydrolysis) is 1. The van der Waals surface area contributed by atoms with Gasteiger partial charge in [0.15, 0.2) is 18.9 Å². The molecule has 5 amide bonds. The second-order valence-electron chi connectivity index (χ2n) is 33.1. The van der Waals surface area contributed by atoms with Crippen molar-refractivity contribution in [1.29, 1.82) is 0 Å². The van der Waals surface area contributed by atoms with Crippen LogP contribution in [0, 0.1) is 23.2 Å². The Morgan fingerprint density at radius 2 is 0.779 bits per heavy atom. The van der Waals surface area contributed by atoms with E-state index in [2.05, 4.69) is 21.3 Å². The average Bonchev–Trinajstić information content (AvgIpc) is 1.43. The van der Waals surface area contributed by atoms with Gasteiger partial charge in [-0.15, -0.1) is 0 Å². The molecule has 0 radical (unpaired) electrons. The molecule has 15 unspecified atom stereocenters. The minimum absolute atomic E-state index is 0.0168. The van der Waals surface area contributed by atoms with Gasteiger partial charge in [-0.05, 0) is 127 Å². The smallest absolute Gasteiger partial charge is 0.407 e. The Balaban J connectivity index is 1.25. The zero-order valence-corrected chi connectivity index (χ0v) is 75.1. The summed E-state index contributed by atoms with van der Waals surface area (Å²) in [6.45, 7) is 7.30. The number of amides is 5. The number of carbonyl (C=O) groups is 9. The summed E-state index contributed by atoms with van der Waals surface area (Å²) in [5, 5.41) is 101. The number of hydrogen-bond donors (Lipinski definition) is 13. The number of aliphatic hydroxyl groups is 9. The van der Waals surface area contributed by atoms with Crippen molar-refractivity contribution in [1.82, 2.24) is 26.2 Å². The molecule has 4 saturated heterocycles. The fraction of sp³-hybridized carbons (Fsp3) is 0.895. The summed E-state index contributed by atoms with van der Waals surface area (Å²) >= 11 is 0. The van der Waals surface area contributed by atoms with Crippen molar-refractivity contribution in [2.45, 2.75) is 344 Å². The van der Waals surface area contributed by atoms with E-state index in [-0.39, 0.29) is 144 Å². The van der Waals surface area contributed by atoms with Crippen LogP contribution < -0.4 is 21.3 Å². The van der Waals surface area contributed by atoms with Crippen molar-refractivity contribution in [3.8, 4) is 0 Å². The Kier molecular flexibility index (Phi) is 59.3. The highest BCUT2D eigenvalue weighted by atomic mass is 33.1. The van der Waals surface area contributed by atoms with Crippen molar-refractivity contribution >= 4 is 74.8 Å². The molecule has 0 aromatic carbocycles. The van der Waals surface area contributed by atoms with Gasteiger partial charge in [0.05, 0.1) is 96.5 Å². The monoisotopic (exact) mass is 1780 g/mol. The van der Waals surface area contributed by atoms with Crippen LogP contribution in [0.1, 0.15) is 258 Å². The molecule has 708 valence electrons. The number of esters is 2. The van der Waals surface area contributed by atoms with Gasteiger partial charge in [-0.1, -0.05) is 93.7 Å². The summed E-state index contributed by atoms with van der Waals surface area (Å²) < 4.78 is 62.0. The van der Waals surface area contributed by atoms with Crippen molar-refractivity contribution in [3.63, 3.8) is 0 Å². The first kappa shape index (κ1) is 110. The number of Topliss-reactive ketones (excluding diaryl/α,β-unsaturated/α-hetero) is 2. The van der Waals surface area contributed by atoms with E-state index in [1.165, 1.54) is 0 Å². The lowest BCUT2D eigenvalue weighted by Gasteiger charge is -2.40. The summed E-state index contributed by atoms with van der Waals surface area (Å²) in [5.41, 5.74) is -0.645. The van der Waals surface area contributed by atoms with Gasteiger partial charge in [0, 0.05) is 140 Å². The Bertz CT molecular complexity index is 2660. The van der Waals surface area contributed by atoms with Gasteiger partial charge >= 0.3 is 18.0 Å². The third kappa shape index (κ3) is 45.4. The number of likely N-dealkylation sites (tertiary alicyclic amines) is 1. The third-order valence-corrected chi connectivity index (χ3v) is 25.6. The maximum atomic E-state index is 14.3. The molecule has 122 heavy (non-hydrogen) atoms. The fourth-order valence-electron chi connectivity index (χ4n) is 15.5. The first-order valence-electron chi connectivity index (χ1n) is 45.1. The van der Waals surface area contributed by atoms with E-state index >= 15 is 0 Å². The van der Waals surface area contributed by atoms with Crippen molar-refractivity contribution in [2.75, 3.05) is 125 Å². The molecule has 17 atom stereocenters. The first-order valence-corrected chi connectivity index (χ1v) is 47.6. The highest BCUT2D eigenvalue weighted by Gasteiger charge is 2.45. The Morgan fingerprint density at radius 1 is 0.402 bits per heavy atom. The SMILES string of the molecule is COC[C@H]1C[C@H](OC)CN1C(=O)CCCCC(=O)CCCSSCCC(=O)CC(CCCOC(=O)CCCCCCCNC(=O)CCCOC1OC(CO)C(O)C(O)C1C)(CCCOC(=O)CCCCCCCNC(=O)CCCOC1OC(CO)C(O)C(O)C1C)CCCOC(=O)NCCCCCCNC(=O)CCCOC1OC(CO)C(O)C(O)C1C. The predicted molar refractivity (Wildman–Crippen MR) is 455 cm³/mol. The summed E-state index contributed by atoms with van der Waals surface area (Å²) in [7, 11) is 6.45. The zero-order valence-electron chi connectivity index (χ0n) is 73.5. The maximum Gasteiger partial charge on any atom is 0.407 e. The topological polar surface area (TPSA) is 489 Å². The highest BCUT2D eigenvalue weighted by Crippen LogP contribution is 2.41. The van der Waals surface area contributed by atoms with Crippen molar-refractivity contribution in [3.05, 3.63) is 0 Å². The van der Waals surface area contributed by atoms with Gasteiger partial charge in [0.25, 0.3) is 0 Å². The Hall–Kier alpha value is -4.55. The lowest BCUT2D eigenvalue weighted by molar-refractivity contribution is -0.282. The molecule has 4 heterocycles.